The van der Waals surface area contributed by atoms with Gasteiger partial charge in [0.05, 0.1) is 25.4 Å². The van der Waals surface area contributed by atoms with Crippen LogP contribution in [0.4, 0.5) is 10.1 Å². The number of hydrogen-bond acceptors (Lipinski definition) is 4. The maximum absolute atomic E-state index is 13.2. The molecular weight excluding hydrogens is 343 g/mol. The van der Waals surface area contributed by atoms with E-state index in [2.05, 4.69) is 20.9 Å². The largest absolute Gasteiger partial charge is 0.455 e. The van der Waals surface area contributed by atoms with Crippen LogP contribution in [0.15, 0.2) is 34.8 Å². The molecular formula is C14H10BrFN2OS. The molecule has 20 heavy (non-hydrogen) atoms. The second-order valence-electron chi connectivity index (χ2n) is 4.27. The summed E-state index contributed by atoms with van der Waals surface area (Å²) in [5.74, 6) is 0.688. The van der Waals surface area contributed by atoms with Crippen molar-refractivity contribution in [3.05, 3.63) is 45.6 Å². The molecule has 0 aliphatic rings. The van der Waals surface area contributed by atoms with Gasteiger partial charge < -0.3 is 10.5 Å². The second-order valence-corrected chi connectivity index (χ2v) is 6.36. The molecule has 0 saturated heterocycles. The summed E-state index contributed by atoms with van der Waals surface area (Å²) >= 11 is 4.71. The third-order valence-electron chi connectivity index (χ3n) is 2.75. The fraction of sp³-hybridized carbons (Fsp3) is 0.0714. The predicted molar refractivity (Wildman–Crippen MR) is 82.9 cm³/mol. The van der Waals surface area contributed by atoms with Crippen LogP contribution in [0.25, 0.3) is 10.2 Å². The zero-order chi connectivity index (χ0) is 14.3. The van der Waals surface area contributed by atoms with Crippen molar-refractivity contribution in [2.24, 2.45) is 0 Å². The van der Waals surface area contributed by atoms with E-state index in [9.17, 15) is 4.39 Å². The molecule has 3 nitrogen and oxygen atoms in total. The maximum Gasteiger partial charge on any atom is 0.152 e. The molecule has 6 heteroatoms. The van der Waals surface area contributed by atoms with E-state index in [1.807, 2.05) is 13.0 Å². The first-order chi connectivity index (χ1) is 9.52. The van der Waals surface area contributed by atoms with Crippen molar-refractivity contribution >= 4 is 43.2 Å². The lowest BCUT2D eigenvalue weighted by Gasteiger charge is -2.09. The van der Waals surface area contributed by atoms with Crippen molar-refractivity contribution in [3.8, 4) is 11.5 Å². The monoisotopic (exact) mass is 352 g/mol. The highest BCUT2D eigenvalue weighted by Gasteiger charge is 2.09. The van der Waals surface area contributed by atoms with Crippen LogP contribution >= 0.6 is 27.3 Å². The van der Waals surface area contributed by atoms with Crippen LogP contribution in [0.3, 0.4) is 0 Å². The quantitative estimate of drug-likeness (QED) is 0.668. The van der Waals surface area contributed by atoms with E-state index in [0.29, 0.717) is 21.7 Å². The van der Waals surface area contributed by atoms with E-state index in [-0.39, 0.29) is 5.82 Å². The van der Waals surface area contributed by atoms with Gasteiger partial charge in [0.15, 0.2) is 5.75 Å². The van der Waals surface area contributed by atoms with Crippen LogP contribution in [0.1, 0.15) is 5.01 Å². The van der Waals surface area contributed by atoms with Gasteiger partial charge in [0, 0.05) is 6.07 Å². The summed E-state index contributed by atoms with van der Waals surface area (Å²) in [4.78, 5) is 4.40. The van der Waals surface area contributed by atoms with Crippen LogP contribution < -0.4 is 10.5 Å². The van der Waals surface area contributed by atoms with Crippen LogP contribution in [0.5, 0.6) is 11.5 Å². The molecule has 0 saturated carbocycles. The average Bonchev–Trinajstić information content (AvgIpc) is 2.73. The Morgan fingerprint density at radius 3 is 2.85 bits per heavy atom. The van der Waals surface area contributed by atoms with Gasteiger partial charge in [-0.25, -0.2) is 9.37 Å². The molecule has 2 N–H and O–H groups in total. The standard InChI is InChI=1S/C14H10BrFN2OS/c1-7-18-12-6-13(11(17)5-14(12)20-7)19-8-2-3-10(16)9(15)4-8/h2-6H,17H2,1H3. The highest BCUT2D eigenvalue weighted by Crippen LogP contribution is 2.34. The number of aromatic nitrogens is 1. The van der Waals surface area contributed by atoms with Crippen LogP contribution in [0, 0.1) is 12.7 Å². The van der Waals surface area contributed by atoms with Crippen LogP contribution in [0.2, 0.25) is 0 Å². The normalized spacial score (nSPS) is 10.9. The molecule has 3 rings (SSSR count). The Bertz CT molecular complexity index is 803. The number of benzene rings is 2. The van der Waals surface area contributed by atoms with Crippen molar-refractivity contribution < 1.29 is 9.13 Å². The molecule has 1 heterocycles. The van der Waals surface area contributed by atoms with E-state index >= 15 is 0 Å². The minimum atomic E-state index is -0.337. The first kappa shape index (κ1) is 13.3. The Morgan fingerprint density at radius 1 is 1.30 bits per heavy atom. The van der Waals surface area contributed by atoms with E-state index in [0.717, 1.165) is 15.2 Å². The molecule has 2 aromatic carbocycles. The Hall–Kier alpha value is -1.66. The third kappa shape index (κ3) is 2.48. The molecule has 0 unspecified atom stereocenters. The summed E-state index contributed by atoms with van der Waals surface area (Å²) < 4.78 is 20.3. The smallest absolute Gasteiger partial charge is 0.152 e. The number of ether oxygens (including phenoxy) is 1. The van der Waals surface area contributed by atoms with E-state index in [4.69, 9.17) is 10.5 Å². The third-order valence-corrected chi connectivity index (χ3v) is 4.29. The Labute approximate surface area is 127 Å². The molecule has 0 spiro atoms. The number of fused-ring (bicyclic) bond motifs is 1. The first-order valence-electron chi connectivity index (χ1n) is 5.82. The molecule has 0 bridgehead atoms. The van der Waals surface area contributed by atoms with Crippen molar-refractivity contribution in [3.63, 3.8) is 0 Å². The van der Waals surface area contributed by atoms with Crippen LogP contribution in [-0.2, 0) is 0 Å². The van der Waals surface area contributed by atoms with E-state index in [1.54, 1.807) is 29.5 Å². The van der Waals surface area contributed by atoms with E-state index < -0.39 is 0 Å². The van der Waals surface area contributed by atoms with Crippen molar-refractivity contribution in [1.82, 2.24) is 4.98 Å². The summed E-state index contributed by atoms with van der Waals surface area (Å²) in [6, 6.07) is 8.09. The Morgan fingerprint density at radius 2 is 2.10 bits per heavy atom. The topological polar surface area (TPSA) is 48.1 Å². The van der Waals surface area contributed by atoms with Crippen molar-refractivity contribution in [1.29, 1.82) is 0 Å². The number of nitrogens with two attached hydrogens (primary N) is 1. The lowest BCUT2D eigenvalue weighted by molar-refractivity contribution is 0.483. The summed E-state index contributed by atoms with van der Waals surface area (Å²) in [5.41, 5.74) is 7.35. The van der Waals surface area contributed by atoms with Gasteiger partial charge in [-0.05, 0) is 47.1 Å². The molecule has 3 aromatic rings. The molecule has 1 aromatic heterocycles. The molecule has 0 fully saturated rings. The molecule has 0 radical (unpaired) electrons. The fourth-order valence-corrected chi connectivity index (χ4v) is 3.06. The zero-order valence-electron chi connectivity index (χ0n) is 10.5. The van der Waals surface area contributed by atoms with Gasteiger partial charge in [-0.3, -0.25) is 0 Å². The number of nitrogen functional groups attached to an aromatic ring is 1. The lowest BCUT2D eigenvalue weighted by atomic mass is 10.2. The summed E-state index contributed by atoms with van der Waals surface area (Å²) in [6.07, 6.45) is 0. The minimum Gasteiger partial charge on any atom is -0.455 e. The number of halogens is 2. The molecule has 102 valence electrons. The van der Waals surface area contributed by atoms with Crippen molar-refractivity contribution in [2.75, 3.05) is 5.73 Å². The lowest BCUT2D eigenvalue weighted by Crippen LogP contribution is -1.92. The van der Waals surface area contributed by atoms with Gasteiger partial charge in [-0.2, -0.15) is 0 Å². The SMILES string of the molecule is Cc1nc2cc(Oc3ccc(F)c(Br)c3)c(N)cc2s1. The Balaban J connectivity index is 2.00. The number of thiazole rings is 1. The van der Waals surface area contributed by atoms with Gasteiger partial charge in [0.25, 0.3) is 0 Å². The predicted octanol–water partition coefficient (Wildman–Crippen LogP) is 4.88. The van der Waals surface area contributed by atoms with E-state index in [1.165, 1.54) is 6.07 Å². The number of hydrogen-bond donors (Lipinski definition) is 1. The fourth-order valence-electron chi connectivity index (χ4n) is 1.84. The number of anilines is 1. The summed E-state index contributed by atoms with van der Waals surface area (Å²) in [6.45, 7) is 1.94. The van der Waals surface area contributed by atoms with Gasteiger partial charge in [-0.15, -0.1) is 11.3 Å². The van der Waals surface area contributed by atoms with Gasteiger partial charge in [0.1, 0.15) is 11.6 Å². The Kier molecular flexibility index (Phi) is 3.35. The van der Waals surface area contributed by atoms with Crippen molar-refractivity contribution in [2.45, 2.75) is 6.92 Å². The van der Waals surface area contributed by atoms with Gasteiger partial charge in [-0.1, -0.05) is 0 Å². The van der Waals surface area contributed by atoms with Crippen LogP contribution in [-0.4, -0.2) is 4.98 Å². The number of aryl methyl sites for hydroxylation is 1. The second kappa shape index (κ2) is 5.03. The summed E-state index contributed by atoms with van der Waals surface area (Å²) in [5, 5.41) is 0.973. The number of nitrogens with zero attached hydrogens (tertiary/aromatic N) is 1. The highest BCUT2D eigenvalue weighted by molar-refractivity contribution is 9.10. The maximum atomic E-state index is 13.2. The molecule has 0 amide bonds. The minimum absolute atomic E-state index is 0.337. The summed E-state index contributed by atoms with van der Waals surface area (Å²) in [7, 11) is 0. The first-order valence-corrected chi connectivity index (χ1v) is 7.43. The highest BCUT2D eigenvalue weighted by atomic mass is 79.9. The molecule has 0 aliphatic heterocycles. The van der Waals surface area contributed by atoms with Gasteiger partial charge >= 0.3 is 0 Å². The van der Waals surface area contributed by atoms with Gasteiger partial charge in [0.2, 0.25) is 0 Å². The number of rotatable bonds is 2. The molecule has 0 atom stereocenters. The average molecular weight is 353 g/mol. The zero-order valence-corrected chi connectivity index (χ0v) is 12.9. The molecule has 0 aliphatic carbocycles.